The van der Waals surface area contributed by atoms with Gasteiger partial charge in [0.2, 0.25) is 5.95 Å². The van der Waals surface area contributed by atoms with Crippen LogP contribution in [0.1, 0.15) is 17.2 Å². The fourth-order valence-corrected chi connectivity index (χ4v) is 3.85. The molecule has 8 heteroatoms. The lowest BCUT2D eigenvalue weighted by Gasteiger charge is -2.23. The third kappa shape index (κ3) is 3.13. The standard InChI is InChI=1S/C24H15F2N3O3/c25-15-8-6-14(7-9-15)21(30)19-20(13-4-2-1-3-5-13)29(23(32)22(19)31)24-27-17-11-10-16(26)12-18(17)28-24/h1-12,20,30H,(H,27,28)/b21-19+. The zero-order valence-corrected chi connectivity index (χ0v) is 16.4. The first-order valence-electron chi connectivity index (χ1n) is 9.71. The molecule has 3 aromatic carbocycles. The number of Topliss-reactive ketones (excluding diaryl/α,β-unsaturated/α-hetero) is 1. The Kier molecular flexibility index (Phi) is 4.55. The minimum absolute atomic E-state index is 0.0414. The second kappa shape index (κ2) is 7.42. The van der Waals surface area contributed by atoms with E-state index in [1.165, 1.54) is 30.3 Å². The number of ketones is 1. The Morgan fingerprint density at radius 3 is 2.34 bits per heavy atom. The second-order valence-electron chi connectivity index (χ2n) is 7.31. The van der Waals surface area contributed by atoms with Crippen LogP contribution in [0.15, 0.2) is 78.4 Å². The third-order valence-electron chi connectivity index (χ3n) is 5.34. The number of hydrogen-bond acceptors (Lipinski definition) is 4. The molecule has 1 aliphatic rings. The molecule has 1 aromatic heterocycles. The SMILES string of the molecule is O=C1C(=O)N(c2nc3ccc(F)cc3[nH]2)C(c2ccccc2)/C1=C(\O)c1ccc(F)cc1. The maximum Gasteiger partial charge on any atom is 0.302 e. The molecule has 0 bridgehead atoms. The van der Waals surface area contributed by atoms with Crippen LogP contribution in [-0.2, 0) is 9.59 Å². The summed E-state index contributed by atoms with van der Waals surface area (Å²) in [6, 6.07) is 16.6. The summed E-state index contributed by atoms with van der Waals surface area (Å²) in [6.07, 6.45) is 0. The van der Waals surface area contributed by atoms with Crippen molar-refractivity contribution in [1.29, 1.82) is 0 Å². The molecular weight excluding hydrogens is 416 g/mol. The Morgan fingerprint density at radius 2 is 1.62 bits per heavy atom. The van der Waals surface area contributed by atoms with Crippen molar-refractivity contribution in [3.63, 3.8) is 0 Å². The monoisotopic (exact) mass is 431 g/mol. The molecule has 0 radical (unpaired) electrons. The molecule has 32 heavy (non-hydrogen) atoms. The van der Waals surface area contributed by atoms with Crippen LogP contribution in [0.4, 0.5) is 14.7 Å². The lowest BCUT2D eigenvalue weighted by molar-refractivity contribution is -0.132. The Morgan fingerprint density at radius 1 is 0.938 bits per heavy atom. The summed E-state index contributed by atoms with van der Waals surface area (Å²) < 4.78 is 27.0. The van der Waals surface area contributed by atoms with Crippen LogP contribution in [0.3, 0.4) is 0 Å². The van der Waals surface area contributed by atoms with Gasteiger partial charge >= 0.3 is 5.91 Å². The van der Waals surface area contributed by atoms with Crippen molar-refractivity contribution in [3.05, 3.63) is 101 Å². The van der Waals surface area contributed by atoms with Gasteiger partial charge in [-0.2, -0.15) is 0 Å². The molecule has 4 aromatic rings. The topological polar surface area (TPSA) is 86.3 Å². The summed E-state index contributed by atoms with van der Waals surface area (Å²) in [7, 11) is 0. The fraction of sp³-hybridized carbons (Fsp3) is 0.0417. The van der Waals surface area contributed by atoms with Gasteiger partial charge in [0.15, 0.2) is 0 Å². The zero-order valence-electron chi connectivity index (χ0n) is 16.4. The van der Waals surface area contributed by atoms with Crippen molar-refractivity contribution < 1.29 is 23.5 Å². The number of hydrogen-bond donors (Lipinski definition) is 2. The van der Waals surface area contributed by atoms with Gasteiger partial charge in [0.05, 0.1) is 22.6 Å². The predicted molar refractivity (Wildman–Crippen MR) is 114 cm³/mol. The summed E-state index contributed by atoms with van der Waals surface area (Å²) >= 11 is 0. The van der Waals surface area contributed by atoms with E-state index in [4.69, 9.17) is 0 Å². The van der Waals surface area contributed by atoms with E-state index in [1.54, 1.807) is 30.3 Å². The molecule has 158 valence electrons. The van der Waals surface area contributed by atoms with E-state index in [-0.39, 0.29) is 17.1 Å². The number of aliphatic hydroxyl groups is 1. The number of anilines is 1. The van der Waals surface area contributed by atoms with Crippen molar-refractivity contribution in [2.24, 2.45) is 0 Å². The van der Waals surface area contributed by atoms with E-state index in [1.807, 2.05) is 0 Å². The number of aromatic nitrogens is 2. The van der Waals surface area contributed by atoms with Crippen LogP contribution in [0.5, 0.6) is 0 Å². The first-order valence-corrected chi connectivity index (χ1v) is 9.71. The molecule has 1 atom stereocenters. The summed E-state index contributed by atoms with van der Waals surface area (Å²) in [5, 5.41) is 10.9. The van der Waals surface area contributed by atoms with Gasteiger partial charge in [-0.15, -0.1) is 0 Å². The van der Waals surface area contributed by atoms with E-state index in [0.717, 1.165) is 17.0 Å². The minimum Gasteiger partial charge on any atom is -0.507 e. The maximum absolute atomic E-state index is 13.6. The van der Waals surface area contributed by atoms with Gasteiger partial charge in [0.1, 0.15) is 17.4 Å². The number of benzene rings is 3. The second-order valence-corrected chi connectivity index (χ2v) is 7.31. The van der Waals surface area contributed by atoms with E-state index in [0.29, 0.717) is 16.6 Å². The van der Waals surface area contributed by atoms with Crippen molar-refractivity contribution in [3.8, 4) is 0 Å². The van der Waals surface area contributed by atoms with E-state index >= 15 is 0 Å². The number of rotatable bonds is 3. The normalized spacial score (nSPS) is 17.9. The minimum atomic E-state index is -0.994. The van der Waals surface area contributed by atoms with Gasteiger partial charge in [-0.25, -0.2) is 13.8 Å². The highest BCUT2D eigenvalue weighted by molar-refractivity contribution is 6.51. The van der Waals surface area contributed by atoms with Crippen molar-refractivity contribution in [2.45, 2.75) is 6.04 Å². The first-order chi connectivity index (χ1) is 15.4. The van der Waals surface area contributed by atoms with Crippen LogP contribution in [-0.4, -0.2) is 26.8 Å². The van der Waals surface area contributed by atoms with Gasteiger partial charge < -0.3 is 10.1 Å². The van der Waals surface area contributed by atoms with Crippen LogP contribution in [0, 0.1) is 11.6 Å². The van der Waals surface area contributed by atoms with Gasteiger partial charge in [-0.1, -0.05) is 30.3 Å². The quantitative estimate of drug-likeness (QED) is 0.285. The number of aromatic amines is 1. The number of amides is 1. The van der Waals surface area contributed by atoms with Crippen LogP contribution in [0.2, 0.25) is 0 Å². The van der Waals surface area contributed by atoms with E-state index in [2.05, 4.69) is 9.97 Å². The molecule has 0 saturated carbocycles. The smallest absolute Gasteiger partial charge is 0.302 e. The largest absolute Gasteiger partial charge is 0.507 e. The van der Waals surface area contributed by atoms with Crippen LogP contribution >= 0.6 is 0 Å². The number of aliphatic hydroxyl groups excluding tert-OH is 1. The maximum atomic E-state index is 13.6. The summed E-state index contributed by atoms with van der Waals surface area (Å²) in [5.74, 6) is -3.18. The summed E-state index contributed by atoms with van der Waals surface area (Å²) in [6.45, 7) is 0. The molecule has 1 amide bonds. The van der Waals surface area contributed by atoms with Gasteiger partial charge in [-0.3, -0.25) is 14.5 Å². The number of fused-ring (bicyclic) bond motifs is 1. The fourth-order valence-electron chi connectivity index (χ4n) is 3.85. The highest BCUT2D eigenvalue weighted by Crippen LogP contribution is 2.41. The Balaban J connectivity index is 1.72. The molecule has 6 nitrogen and oxygen atoms in total. The number of halogens is 2. The lowest BCUT2D eigenvalue weighted by Crippen LogP contribution is -2.30. The molecule has 5 rings (SSSR count). The lowest BCUT2D eigenvalue weighted by atomic mass is 9.95. The number of nitrogens with one attached hydrogen (secondary N) is 1. The highest BCUT2D eigenvalue weighted by Gasteiger charge is 2.48. The third-order valence-corrected chi connectivity index (χ3v) is 5.34. The summed E-state index contributed by atoms with van der Waals surface area (Å²) in [4.78, 5) is 34.5. The average Bonchev–Trinajstić information content (AvgIpc) is 3.32. The number of H-pyrrole nitrogens is 1. The zero-order chi connectivity index (χ0) is 22.4. The van der Waals surface area contributed by atoms with E-state index in [9.17, 15) is 23.5 Å². The molecule has 2 N–H and O–H groups in total. The molecule has 0 spiro atoms. The number of imidazole rings is 1. The Labute approximate surface area is 180 Å². The van der Waals surface area contributed by atoms with Gasteiger partial charge in [0.25, 0.3) is 5.78 Å². The van der Waals surface area contributed by atoms with Gasteiger partial charge in [0, 0.05) is 5.56 Å². The average molecular weight is 431 g/mol. The Hall–Kier alpha value is -4.33. The molecular formula is C24H15F2N3O3. The first kappa shape index (κ1) is 19.6. The number of nitrogens with zero attached hydrogens (tertiary/aromatic N) is 2. The van der Waals surface area contributed by atoms with E-state index < -0.39 is 35.1 Å². The van der Waals surface area contributed by atoms with Crippen molar-refractivity contribution >= 4 is 34.4 Å². The van der Waals surface area contributed by atoms with Crippen LogP contribution < -0.4 is 4.90 Å². The number of carbonyl (C=O) groups is 2. The van der Waals surface area contributed by atoms with Crippen molar-refractivity contribution in [2.75, 3.05) is 4.90 Å². The van der Waals surface area contributed by atoms with Crippen LogP contribution in [0.25, 0.3) is 16.8 Å². The molecule has 1 saturated heterocycles. The highest BCUT2D eigenvalue weighted by atomic mass is 19.1. The molecule has 1 fully saturated rings. The molecule has 0 aliphatic carbocycles. The molecule has 1 aliphatic heterocycles. The Bertz CT molecular complexity index is 1400. The van der Waals surface area contributed by atoms with Gasteiger partial charge in [-0.05, 0) is 48.0 Å². The number of carbonyl (C=O) groups excluding carboxylic acids is 2. The van der Waals surface area contributed by atoms with Crippen molar-refractivity contribution in [1.82, 2.24) is 9.97 Å². The molecule has 2 heterocycles. The summed E-state index contributed by atoms with van der Waals surface area (Å²) in [5.41, 5.74) is 1.36. The predicted octanol–water partition coefficient (Wildman–Crippen LogP) is 4.47. The molecule has 1 unspecified atom stereocenters.